The number of carbonyl (C=O) groups is 1. The smallest absolute Gasteiger partial charge is 0.229 e. The maximum atomic E-state index is 12.5. The zero-order valence-electron chi connectivity index (χ0n) is 13.8. The molecule has 1 atom stereocenters. The molecule has 2 heterocycles. The Morgan fingerprint density at radius 2 is 2.17 bits per heavy atom. The molecule has 1 unspecified atom stereocenters. The second kappa shape index (κ2) is 7.77. The minimum absolute atomic E-state index is 0.000228. The molecule has 24 heavy (non-hydrogen) atoms. The van der Waals surface area contributed by atoms with Crippen molar-refractivity contribution in [3.63, 3.8) is 0 Å². The molecule has 0 radical (unpaired) electrons. The number of aryl methyl sites for hydroxylation is 1. The molecular formula is C19H22ClN3O. The van der Waals surface area contributed by atoms with Gasteiger partial charge in [-0.15, -0.1) is 0 Å². The number of amides is 1. The van der Waals surface area contributed by atoms with Crippen molar-refractivity contribution in [3.8, 4) is 0 Å². The van der Waals surface area contributed by atoms with Gasteiger partial charge in [0.15, 0.2) is 0 Å². The highest BCUT2D eigenvalue weighted by atomic mass is 35.5. The third-order valence-electron chi connectivity index (χ3n) is 4.31. The fourth-order valence-electron chi connectivity index (χ4n) is 3.15. The standard InChI is InChI=1S/C19H22ClN3O/c1-14-5-2-9-18(21-14)22-19(24)16-7-4-10-23(13-16)12-15-6-3-8-17(20)11-15/h2-3,5-6,8-9,11,16H,4,7,10,12-13H2,1H3,(H,21,22,24). The number of carbonyl (C=O) groups excluding carboxylic acids is 1. The Hall–Kier alpha value is -1.91. The number of piperidine rings is 1. The molecule has 1 aromatic carbocycles. The number of hydrogen-bond acceptors (Lipinski definition) is 3. The summed E-state index contributed by atoms with van der Waals surface area (Å²) in [6, 6.07) is 13.6. The molecule has 1 aromatic heterocycles. The summed E-state index contributed by atoms with van der Waals surface area (Å²) in [5.41, 5.74) is 2.09. The summed E-state index contributed by atoms with van der Waals surface area (Å²) in [6.45, 7) is 4.53. The van der Waals surface area contributed by atoms with Crippen LogP contribution < -0.4 is 5.32 Å². The predicted molar refractivity (Wildman–Crippen MR) is 97.1 cm³/mol. The van der Waals surface area contributed by atoms with E-state index >= 15 is 0 Å². The first kappa shape index (κ1) is 16.9. The number of nitrogens with one attached hydrogen (secondary N) is 1. The first-order chi connectivity index (χ1) is 11.6. The summed E-state index contributed by atoms with van der Waals surface area (Å²) in [7, 11) is 0. The van der Waals surface area contributed by atoms with Crippen molar-refractivity contribution in [2.24, 2.45) is 5.92 Å². The van der Waals surface area contributed by atoms with E-state index in [0.29, 0.717) is 5.82 Å². The molecule has 5 heteroatoms. The highest BCUT2D eigenvalue weighted by molar-refractivity contribution is 6.30. The van der Waals surface area contributed by atoms with E-state index in [2.05, 4.69) is 21.3 Å². The van der Waals surface area contributed by atoms with Crippen LogP contribution in [0.2, 0.25) is 5.02 Å². The van der Waals surface area contributed by atoms with Gasteiger partial charge in [0.1, 0.15) is 5.82 Å². The zero-order chi connectivity index (χ0) is 16.9. The van der Waals surface area contributed by atoms with Crippen molar-refractivity contribution in [1.29, 1.82) is 0 Å². The summed E-state index contributed by atoms with van der Waals surface area (Å²) in [4.78, 5) is 19.2. The molecule has 1 aliphatic heterocycles. The number of anilines is 1. The normalized spacial score (nSPS) is 18.3. The van der Waals surface area contributed by atoms with E-state index in [4.69, 9.17) is 11.6 Å². The summed E-state index contributed by atoms with van der Waals surface area (Å²) < 4.78 is 0. The molecule has 1 saturated heterocycles. The maximum Gasteiger partial charge on any atom is 0.229 e. The molecule has 0 aliphatic carbocycles. The van der Waals surface area contributed by atoms with Crippen LogP contribution in [0.25, 0.3) is 0 Å². The lowest BCUT2D eigenvalue weighted by Crippen LogP contribution is -2.40. The van der Waals surface area contributed by atoms with Crippen LogP contribution in [0.4, 0.5) is 5.82 Å². The maximum absolute atomic E-state index is 12.5. The molecule has 4 nitrogen and oxygen atoms in total. The van der Waals surface area contributed by atoms with Gasteiger partial charge in [-0.25, -0.2) is 4.98 Å². The third-order valence-corrected chi connectivity index (χ3v) is 4.55. The average molecular weight is 344 g/mol. The summed E-state index contributed by atoms with van der Waals surface area (Å²) >= 11 is 6.06. The average Bonchev–Trinajstić information content (AvgIpc) is 2.55. The van der Waals surface area contributed by atoms with Gasteiger partial charge in [-0.05, 0) is 56.1 Å². The van der Waals surface area contributed by atoms with Crippen LogP contribution in [0.5, 0.6) is 0 Å². The lowest BCUT2D eigenvalue weighted by molar-refractivity contribution is -0.121. The molecule has 0 saturated carbocycles. The van der Waals surface area contributed by atoms with Crippen molar-refractivity contribution >= 4 is 23.3 Å². The summed E-state index contributed by atoms with van der Waals surface area (Å²) in [5.74, 6) is 0.691. The van der Waals surface area contributed by atoms with Gasteiger partial charge in [0.05, 0.1) is 5.92 Å². The third kappa shape index (κ3) is 4.56. The SMILES string of the molecule is Cc1cccc(NC(=O)C2CCCN(Cc3cccc(Cl)c3)C2)n1. The molecule has 1 aliphatic rings. The van der Waals surface area contributed by atoms with Crippen LogP contribution in [0, 0.1) is 12.8 Å². The highest BCUT2D eigenvalue weighted by Gasteiger charge is 2.26. The Kier molecular flexibility index (Phi) is 5.48. The fraction of sp³-hybridized carbons (Fsp3) is 0.368. The Balaban J connectivity index is 1.59. The molecule has 1 amide bonds. The van der Waals surface area contributed by atoms with Gasteiger partial charge in [-0.2, -0.15) is 0 Å². The number of halogens is 1. The van der Waals surface area contributed by atoms with E-state index in [-0.39, 0.29) is 11.8 Å². The van der Waals surface area contributed by atoms with Gasteiger partial charge in [0.25, 0.3) is 0 Å². The lowest BCUT2D eigenvalue weighted by atomic mass is 9.96. The van der Waals surface area contributed by atoms with Crippen LogP contribution in [0.15, 0.2) is 42.5 Å². The number of likely N-dealkylation sites (tertiary alicyclic amines) is 1. The van der Waals surface area contributed by atoms with Gasteiger partial charge in [0, 0.05) is 23.8 Å². The zero-order valence-corrected chi connectivity index (χ0v) is 14.6. The van der Waals surface area contributed by atoms with Crippen molar-refractivity contribution in [1.82, 2.24) is 9.88 Å². The molecule has 2 aromatic rings. The minimum Gasteiger partial charge on any atom is -0.310 e. The second-order valence-electron chi connectivity index (χ2n) is 6.36. The number of aromatic nitrogens is 1. The van der Waals surface area contributed by atoms with E-state index < -0.39 is 0 Å². The lowest BCUT2D eigenvalue weighted by Gasteiger charge is -2.32. The Labute approximate surface area is 147 Å². The molecule has 0 bridgehead atoms. The Morgan fingerprint density at radius 3 is 2.96 bits per heavy atom. The quantitative estimate of drug-likeness (QED) is 0.915. The van der Waals surface area contributed by atoms with Crippen LogP contribution in [-0.4, -0.2) is 28.9 Å². The topological polar surface area (TPSA) is 45.2 Å². The largest absolute Gasteiger partial charge is 0.310 e. The first-order valence-electron chi connectivity index (χ1n) is 8.31. The molecule has 126 valence electrons. The van der Waals surface area contributed by atoms with Gasteiger partial charge in [0.2, 0.25) is 5.91 Å². The first-order valence-corrected chi connectivity index (χ1v) is 8.69. The van der Waals surface area contributed by atoms with Crippen LogP contribution >= 0.6 is 11.6 Å². The van der Waals surface area contributed by atoms with Crippen molar-refractivity contribution < 1.29 is 4.79 Å². The van der Waals surface area contributed by atoms with Gasteiger partial charge in [-0.1, -0.05) is 29.8 Å². The van der Waals surface area contributed by atoms with Crippen LogP contribution in [-0.2, 0) is 11.3 Å². The van der Waals surface area contributed by atoms with Gasteiger partial charge >= 0.3 is 0 Å². The monoisotopic (exact) mass is 343 g/mol. The predicted octanol–water partition coefficient (Wildman–Crippen LogP) is 3.89. The second-order valence-corrected chi connectivity index (χ2v) is 6.79. The van der Waals surface area contributed by atoms with Crippen molar-refractivity contribution in [2.45, 2.75) is 26.3 Å². The van der Waals surface area contributed by atoms with E-state index in [9.17, 15) is 4.79 Å². The van der Waals surface area contributed by atoms with Crippen LogP contribution in [0.1, 0.15) is 24.1 Å². The Bertz CT molecular complexity index is 719. The number of benzene rings is 1. The number of hydrogen-bond donors (Lipinski definition) is 1. The van der Waals surface area contributed by atoms with Crippen molar-refractivity contribution in [2.75, 3.05) is 18.4 Å². The van der Waals surface area contributed by atoms with Gasteiger partial charge in [-0.3, -0.25) is 9.69 Å². The minimum atomic E-state index is 0.000228. The summed E-state index contributed by atoms with van der Waals surface area (Å²) in [5, 5.41) is 3.70. The van der Waals surface area contributed by atoms with Gasteiger partial charge < -0.3 is 5.32 Å². The Morgan fingerprint density at radius 1 is 1.33 bits per heavy atom. The molecule has 1 fully saturated rings. The molecule has 1 N–H and O–H groups in total. The molecule has 0 spiro atoms. The fourth-order valence-corrected chi connectivity index (χ4v) is 3.36. The van der Waals surface area contributed by atoms with E-state index in [1.54, 1.807) is 0 Å². The molecular weight excluding hydrogens is 322 g/mol. The number of nitrogens with zero attached hydrogens (tertiary/aromatic N) is 2. The van der Waals surface area contributed by atoms with E-state index in [1.165, 1.54) is 5.56 Å². The highest BCUT2D eigenvalue weighted by Crippen LogP contribution is 2.21. The van der Waals surface area contributed by atoms with E-state index in [0.717, 1.165) is 43.2 Å². The van der Waals surface area contributed by atoms with Crippen molar-refractivity contribution in [3.05, 3.63) is 58.7 Å². The molecule has 3 rings (SSSR count). The summed E-state index contributed by atoms with van der Waals surface area (Å²) in [6.07, 6.45) is 1.95. The van der Waals surface area contributed by atoms with Crippen LogP contribution in [0.3, 0.4) is 0 Å². The number of rotatable bonds is 4. The van der Waals surface area contributed by atoms with E-state index in [1.807, 2.05) is 43.3 Å². The number of pyridine rings is 1.